The van der Waals surface area contributed by atoms with Crippen molar-refractivity contribution in [1.82, 2.24) is 9.97 Å². The van der Waals surface area contributed by atoms with Crippen molar-refractivity contribution in [3.05, 3.63) is 36.0 Å². The number of halogens is 3. The Labute approximate surface area is 149 Å². The second-order valence-corrected chi connectivity index (χ2v) is 6.88. The van der Waals surface area contributed by atoms with E-state index in [0.29, 0.717) is 16.9 Å². The molecule has 1 aromatic heterocycles. The summed E-state index contributed by atoms with van der Waals surface area (Å²) < 4.78 is 41.5. The van der Waals surface area contributed by atoms with E-state index in [1.807, 2.05) is 13.0 Å². The molecule has 26 heavy (non-hydrogen) atoms. The van der Waals surface area contributed by atoms with E-state index in [1.54, 1.807) is 39.0 Å². The van der Waals surface area contributed by atoms with Crippen molar-refractivity contribution in [2.24, 2.45) is 5.41 Å². The predicted octanol–water partition coefficient (Wildman–Crippen LogP) is 4.38. The summed E-state index contributed by atoms with van der Waals surface area (Å²) in [7, 11) is 0. The molecule has 1 aromatic carbocycles. The number of aryl methyl sites for hydroxylation is 1. The van der Waals surface area contributed by atoms with Crippen LogP contribution in [0, 0.1) is 12.3 Å². The minimum atomic E-state index is -4.48. The number of alkyl halides is 3. The fraction of sp³-hybridized carbons (Fsp3) is 0.389. The lowest BCUT2D eigenvalue weighted by atomic mass is 9.95. The molecule has 0 aliphatic rings. The quantitative estimate of drug-likeness (QED) is 0.871. The van der Waals surface area contributed by atoms with Gasteiger partial charge in [-0.3, -0.25) is 4.79 Å². The van der Waals surface area contributed by atoms with E-state index in [9.17, 15) is 18.0 Å². The first-order valence-corrected chi connectivity index (χ1v) is 7.91. The maximum atomic E-state index is 12.3. The third kappa shape index (κ3) is 5.44. The minimum Gasteiger partial charge on any atom is -0.454 e. The lowest BCUT2D eigenvalue weighted by Crippen LogP contribution is -2.27. The Kier molecular flexibility index (Phi) is 5.53. The van der Waals surface area contributed by atoms with E-state index in [0.717, 1.165) is 5.56 Å². The summed E-state index contributed by atoms with van der Waals surface area (Å²) in [5, 5.41) is 2.83. The molecule has 0 saturated heterocycles. The second-order valence-electron chi connectivity index (χ2n) is 6.88. The molecule has 5 nitrogen and oxygen atoms in total. The summed E-state index contributed by atoms with van der Waals surface area (Å²) >= 11 is 0. The van der Waals surface area contributed by atoms with Crippen molar-refractivity contribution in [2.75, 3.05) is 11.9 Å². The number of nitrogens with zero attached hydrogens (tertiary/aromatic N) is 2. The number of ether oxygens (including phenoxy) is 1. The smallest absolute Gasteiger partial charge is 0.422 e. The van der Waals surface area contributed by atoms with Crippen LogP contribution in [0.4, 0.5) is 18.9 Å². The highest BCUT2D eigenvalue weighted by Gasteiger charge is 2.29. The number of rotatable bonds is 4. The van der Waals surface area contributed by atoms with Crippen LogP contribution in [0.3, 0.4) is 0 Å². The van der Waals surface area contributed by atoms with Gasteiger partial charge in [0, 0.05) is 17.2 Å². The van der Waals surface area contributed by atoms with Crippen LogP contribution in [0.25, 0.3) is 11.3 Å². The first kappa shape index (κ1) is 19.7. The molecule has 0 bridgehead atoms. The fourth-order valence-corrected chi connectivity index (χ4v) is 2.00. The van der Waals surface area contributed by atoms with Gasteiger partial charge >= 0.3 is 12.2 Å². The van der Waals surface area contributed by atoms with Gasteiger partial charge in [0.2, 0.25) is 5.91 Å². The average Bonchev–Trinajstić information content (AvgIpc) is 2.53. The Bertz CT molecular complexity index is 799. The molecule has 0 aliphatic heterocycles. The molecule has 0 aliphatic carbocycles. The number of hydrogen-bond donors (Lipinski definition) is 1. The molecule has 0 atom stereocenters. The molecule has 0 saturated carbocycles. The molecule has 0 unspecified atom stereocenters. The van der Waals surface area contributed by atoms with Gasteiger partial charge in [0.05, 0.1) is 11.4 Å². The Morgan fingerprint density at radius 1 is 1.19 bits per heavy atom. The van der Waals surface area contributed by atoms with Gasteiger partial charge in [0.1, 0.15) is 0 Å². The van der Waals surface area contributed by atoms with Gasteiger partial charge in [0.25, 0.3) is 0 Å². The number of aromatic nitrogens is 2. The standard InChI is InChI=1S/C18H20F3N3O2/c1-11-5-6-13(23-15(25)17(2,3)4)12(9-11)14-7-8-22-16(24-14)26-10-18(19,20)21/h5-9H,10H2,1-4H3,(H,23,25). The highest BCUT2D eigenvalue weighted by Crippen LogP contribution is 2.30. The van der Waals surface area contributed by atoms with E-state index in [4.69, 9.17) is 0 Å². The Hall–Kier alpha value is -2.64. The molecular formula is C18H20F3N3O2. The third-order valence-corrected chi connectivity index (χ3v) is 3.38. The molecule has 0 fully saturated rings. The van der Waals surface area contributed by atoms with Crippen molar-refractivity contribution in [1.29, 1.82) is 0 Å². The maximum Gasteiger partial charge on any atom is 0.422 e. The van der Waals surface area contributed by atoms with Crippen LogP contribution >= 0.6 is 0 Å². The molecule has 2 aromatic rings. The zero-order chi connectivity index (χ0) is 19.5. The van der Waals surface area contributed by atoms with Crippen LogP contribution in [0.15, 0.2) is 30.5 Å². The first-order chi connectivity index (χ1) is 12.0. The zero-order valence-electron chi connectivity index (χ0n) is 14.9. The number of carbonyl (C=O) groups excluding carboxylic acids is 1. The fourth-order valence-electron chi connectivity index (χ4n) is 2.00. The first-order valence-electron chi connectivity index (χ1n) is 7.91. The summed E-state index contributed by atoms with van der Waals surface area (Å²) in [4.78, 5) is 20.0. The number of nitrogens with one attached hydrogen (secondary N) is 1. The van der Waals surface area contributed by atoms with Crippen molar-refractivity contribution < 1.29 is 22.7 Å². The van der Waals surface area contributed by atoms with Crippen LogP contribution in [-0.4, -0.2) is 28.7 Å². The SMILES string of the molecule is Cc1ccc(NC(=O)C(C)(C)C)c(-c2ccnc(OCC(F)(F)F)n2)c1. The highest BCUT2D eigenvalue weighted by molar-refractivity contribution is 5.98. The van der Waals surface area contributed by atoms with Gasteiger partial charge in [-0.1, -0.05) is 32.4 Å². The Morgan fingerprint density at radius 3 is 2.50 bits per heavy atom. The zero-order valence-corrected chi connectivity index (χ0v) is 14.9. The molecular weight excluding hydrogens is 347 g/mol. The maximum absolute atomic E-state index is 12.3. The van der Waals surface area contributed by atoms with Crippen LogP contribution in [0.2, 0.25) is 0 Å². The van der Waals surface area contributed by atoms with Crippen molar-refractivity contribution >= 4 is 11.6 Å². The Morgan fingerprint density at radius 2 is 1.88 bits per heavy atom. The summed E-state index contributed by atoms with van der Waals surface area (Å²) in [5.74, 6) is -0.190. The number of amides is 1. The van der Waals surface area contributed by atoms with Gasteiger partial charge in [0.15, 0.2) is 6.61 Å². The molecule has 140 valence electrons. The minimum absolute atomic E-state index is 0.190. The molecule has 1 amide bonds. The van der Waals surface area contributed by atoms with Crippen LogP contribution < -0.4 is 10.1 Å². The average molecular weight is 367 g/mol. The molecule has 2 rings (SSSR count). The van der Waals surface area contributed by atoms with E-state index < -0.39 is 18.2 Å². The summed E-state index contributed by atoms with van der Waals surface area (Å²) in [6.45, 7) is 5.73. The topological polar surface area (TPSA) is 64.1 Å². The summed E-state index contributed by atoms with van der Waals surface area (Å²) in [5.41, 5.74) is 1.74. The lowest BCUT2D eigenvalue weighted by Gasteiger charge is -2.19. The van der Waals surface area contributed by atoms with Gasteiger partial charge in [-0.2, -0.15) is 18.2 Å². The summed E-state index contributed by atoms with van der Waals surface area (Å²) in [6, 6.07) is 6.50. The number of carbonyl (C=O) groups is 1. The predicted molar refractivity (Wildman–Crippen MR) is 91.8 cm³/mol. The monoisotopic (exact) mass is 367 g/mol. The number of anilines is 1. The second kappa shape index (κ2) is 7.31. The lowest BCUT2D eigenvalue weighted by molar-refractivity contribution is -0.154. The van der Waals surface area contributed by atoms with Crippen molar-refractivity contribution in [3.8, 4) is 17.3 Å². The molecule has 1 heterocycles. The van der Waals surface area contributed by atoms with Gasteiger partial charge in [-0.15, -0.1) is 0 Å². The third-order valence-electron chi connectivity index (χ3n) is 3.38. The van der Waals surface area contributed by atoms with E-state index in [1.165, 1.54) is 6.20 Å². The van der Waals surface area contributed by atoms with E-state index >= 15 is 0 Å². The van der Waals surface area contributed by atoms with Gasteiger partial charge in [-0.05, 0) is 25.1 Å². The summed E-state index contributed by atoms with van der Waals surface area (Å²) in [6.07, 6.45) is -3.17. The van der Waals surface area contributed by atoms with Gasteiger partial charge < -0.3 is 10.1 Å². The van der Waals surface area contributed by atoms with Crippen molar-refractivity contribution in [2.45, 2.75) is 33.9 Å². The molecule has 0 radical (unpaired) electrons. The molecule has 0 spiro atoms. The molecule has 8 heteroatoms. The normalized spacial score (nSPS) is 12.0. The largest absolute Gasteiger partial charge is 0.454 e. The Balaban J connectivity index is 2.36. The van der Waals surface area contributed by atoms with Gasteiger partial charge in [-0.25, -0.2) is 4.98 Å². The highest BCUT2D eigenvalue weighted by atomic mass is 19.4. The van der Waals surface area contributed by atoms with Crippen LogP contribution in [0.5, 0.6) is 6.01 Å². The van der Waals surface area contributed by atoms with E-state index in [-0.39, 0.29) is 11.9 Å². The number of benzene rings is 1. The van der Waals surface area contributed by atoms with Crippen molar-refractivity contribution in [3.63, 3.8) is 0 Å². The molecule has 1 N–H and O–H groups in total. The van der Waals surface area contributed by atoms with E-state index in [2.05, 4.69) is 20.0 Å². The van der Waals surface area contributed by atoms with Crippen LogP contribution in [-0.2, 0) is 4.79 Å². The number of hydrogen-bond acceptors (Lipinski definition) is 4. The van der Waals surface area contributed by atoms with Crippen LogP contribution in [0.1, 0.15) is 26.3 Å².